The molecule has 20 heavy (non-hydrogen) atoms. The zero-order chi connectivity index (χ0) is 14.4. The molecular weight excluding hydrogens is 252 g/mol. The Morgan fingerprint density at radius 1 is 1.35 bits per heavy atom. The molecule has 1 aromatic rings. The quantitative estimate of drug-likeness (QED) is 0.839. The van der Waals surface area contributed by atoms with Gasteiger partial charge in [0, 0.05) is 12.1 Å². The van der Waals surface area contributed by atoms with Gasteiger partial charge in [0.15, 0.2) is 6.61 Å². The van der Waals surface area contributed by atoms with E-state index in [0.29, 0.717) is 11.8 Å². The molecule has 0 heterocycles. The fourth-order valence-electron chi connectivity index (χ4n) is 2.54. The summed E-state index contributed by atoms with van der Waals surface area (Å²) in [6, 6.07) is 8.06. The van der Waals surface area contributed by atoms with Crippen LogP contribution in [0.25, 0.3) is 0 Å². The summed E-state index contributed by atoms with van der Waals surface area (Å²) < 4.78 is 5.49. The second kappa shape index (κ2) is 7.29. The molecule has 2 rings (SSSR count). The lowest BCUT2D eigenvalue weighted by molar-refractivity contribution is -0.123. The SMILES string of the molecule is CC[C@@H](N)c1ccc(OCC(=O)NC2CCCC2)cc1. The third-order valence-corrected chi connectivity index (χ3v) is 3.84. The number of ether oxygens (including phenoxy) is 1. The molecule has 1 saturated carbocycles. The van der Waals surface area contributed by atoms with Crippen LogP contribution in [0.15, 0.2) is 24.3 Å². The Kier molecular flexibility index (Phi) is 5.41. The summed E-state index contributed by atoms with van der Waals surface area (Å²) in [5.41, 5.74) is 7.05. The first-order valence-electron chi connectivity index (χ1n) is 7.46. The molecule has 4 heteroatoms. The van der Waals surface area contributed by atoms with E-state index in [1.807, 2.05) is 24.3 Å². The molecule has 0 radical (unpaired) electrons. The van der Waals surface area contributed by atoms with Crippen LogP contribution in [-0.4, -0.2) is 18.6 Å². The van der Waals surface area contributed by atoms with Crippen molar-refractivity contribution in [3.05, 3.63) is 29.8 Å². The zero-order valence-corrected chi connectivity index (χ0v) is 12.1. The van der Waals surface area contributed by atoms with Gasteiger partial charge in [0.05, 0.1) is 0 Å². The van der Waals surface area contributed by atoms with Crippen LogP contribution in [0.4, 0.5) is 0 Å². The van der Waals surface area contributed by atoms with E-state index in [4.69, 9.17) is 10.5 Å². The second-order valence-electron chi connectivity index (χ2n) is 5.42. The van der Waals surface area contributed by atoms with E-state index in [2.05, 4.69) is 12.2 Å². The molecule has 0 saturated heterocycles. The summed E-state index contributed by atoms with van der Waals surface area (Å²) in [7, 11) is 0. The number of rotatable bonds is 6. The standard InChI is InChI=1S/C16H24N2O2/c1-2-15(17)12-7-9-14(10-8-12)20-11-16(19)18-13-5-3-4-6-13/h7-10,13,15H,2-6,11,17H2,1H3,(H,18,19)/t15-/m1/s1. The highest BCUT2D eigenvalue weighted by Crippen LogP contribution is 2.19. The van der Waals surface area contributed by atoms with Crippen molar-refractivity contribution < 1.29 is 9.53 Å². The summed E-state index contributed by atoms with van der Waals surface area (Å²) in [4.78, 5) is 11.7. The average Bonchev–Trinajstić information content (AvgIpc) is 2.97. The third kappa shape index (κ3) is 4.23. The normalized spacial score (nSPS) is 16.9. The molecule has 1 amide bonds. The highest BCUT2D eigenvalue weighted by atomic mass is 16.5. The molecule has 1 aliphatic carbocycles. The lowest BCUT2D eigenvalue weighted by Crippen LogP contribution is -2.36. The average molecular weight is 276 g/mol. The van der Waals surface area contributed by atoms with Gasteiger partial charge in [-0.15, -0.1) is 0 Å². The van der Waals surface area contributed by atoms with Crippen LogP contribution in [0.3, 0.4) is 0 Å². The smallest absolute Gasteiger partial charge is 0.258 e. The van der Waals surface area contributed by atoms with E-state index < -0.39 is 0 Å². The van der Waals surface area contributed by atoms with Gasteiger partial charge in [0.1, 0.15) is 5.75 Å². The number of hydrogen-bond donors (Lipinski definition) is 2. The van der Waals surface area contributed by atoms with Gasteiger partial charge >= 0.3 is 0 Å². The Morgan fingerprint density at radius 3 is 2.60 bits per heavy atom. The minimum absolute atomic E-state index is 0.0359. The topological polar surface area (TPSA) is 64.3 Å². The Balaban J connectivity index is 1.77. The molecule has 0 aromatic heterocycles. The number of carbonyl (C=O) groups excluding carboxylic acids is 1. The van der Waals surface area contributed by atoms with Gasteiger partial charge in [-0.1, -0.05) is 31.9 Å². The minimum Gasteiger partial charge on any atom is -0.484 e. The van der Waals surface area contributed by atoms with Gasteiger partial charge in [0.2, 0.25) is 0 Å². The number of benzene rings is 1. The van der Waals surface area contributed by atoms with Gasteiger partial charge in [-0.2, -0.15) is 0 Å². The third-order valence-electron chi connectivity index (χ3n) is 3.84. The maximum atomic E-state index is 11.7. The summed E-state index contributed by atoms with van der Waals surface area (Å²) in [5, 5.41) is 3.00. The first kappa shape index (κ1) is 14.9. The van der Waals surface area contributed by atoms with Crippen LogP contribution in [0.1, 0.15) is 50.6 Å². The lowest BCUT2D eigenvalue weighted by atomic mass is 10.1. The van der Waals surface area contributed by atoms with E-state index in [-0.39, 0.29) is 18.6 Å². The van der Waals surface area contributed by atoms with Crippen LogP contribution >= 0.6 is 0 Å². The summed E-state index contributed by atoms with van der Waals surface area (Å²) in [6.07, 6.45) is 5.52. The van der Waals surface area contributed by atoms with Crippen molar-refractivity contribution in [1.82, 2.24) is 5.32 Å². The molecule has 0 spiro atoms. The maximum Gasteiger partial charge on any atom is 0.258 e. The van der Waals surface area contributed by atoms with E-state index >= 15 is 0 Å². The first-order valence-corrected chi connectivity index (χ1v) is 7.46. The highest BCUT2D eigenvalue weighted by Gasteiger charge is 2.17. The molecular formula is C16H24N2O2. The van der Waals surface area contributed by atoms with Crippen LogP contribution in [0.5, 0.6) is 5.75 Å². The molecule has 110 valence electrons. The maximum absolute atomic E-state index is 11.7. The number of amides is 1. The van der Waals surface area contributed by atoms with E-state index in [9.17, 15) is 4.79 Å². The summed E-state index contributed by atoms with van der Waals surface area (Å²) in [6.45, 7) is 2.14. The van der Waals surface area contributed by atoms with Crippen LogP contribution in [0.2, 0.25) is 0 Å². The molecule has 3 N–H and O–H groups in total. The molecule has 0 bridgehead atoms. The van der Waals surface area contributed by atoms with Gasteiger partial charge < -0.3 is 15.8 Å². The molecule has 1 atom stereocenters. The van der Waals surface area contributed by atoms with Crippen molar-refractivity contribution in [2.75, 3.05) is 6.61 Å². The Hall–Kier alpha value is -1.55. The number of nitrogens with one attached hydrogen (secondary N) is 1. The van der Waals surface area contributed by atoms with Gasteiger partial charge in [-0.3, -0.25) is 4.79 Å². The number of carbonyl (C=O) groups is 1. The van der Waals surface area contributed by atoms with Crippen LogP contribution < -0.4 is 15.8 Å². The van der Waals surface area contributed by atoms with Crippen LogP contribution in [-0.2, 0) is 4.79 Å². The fourth-order valence-corrected chi connectivity index (χ4v) is 2.54. The van der Waals surface area contributed by atoms with Gasteiger partial charge in [0.25, 0.3) is 5.91 Å². The van der Waals surface area contributed by atoms with Crippen molar-refractivity contribution >= 4 is 5.91 Å². The van der Waals surface area contributed by atoms with Crippen molar-refractivity contribution in [1.29, 1.82) is 0 Å². The Bertz CT molecular complexity index is 425. The molecule has 0 unspecified atom stereocenters. The Labute approximate surface area is 120 Å². The van der Waals surface area contributed by atoms with Crippen molar-refractivity contribution in [2.45, 2.75) is 51.1 Å². The first-order chi connectivity index (χ1) is 9.69. The minimum atomic E-state index is -0.0359. The predicted octanol–water partition coefficient (Wildman–Crippen LogP) is 2.53. The number of hydrogen-bond acceptors (Lipinski definition) is 3. The Morgan fingerprint density at radius 2 is 2.00 bits per heavy atom. The monoisotopic (exact) mass is 276 g/mol. The lowest BCUT2D eigenvalue weighted by Gasteiger charge is -2.13. The highest BCUT2D eigenvalue weighted by molar-refractivity contribution is 5.77. The van der Waals surface area contributed by atoms with E-state index in [0.717, 1.165) is 24.8 Å². The van der Waals surface area contributed by atoms with Gasteiger partial charge in [-0.05, 0) is 37.0 Å². The van der Waals surface area contributed by atoms with Crippen molar-refractivity contribution in [3.63, 3.8) is 0 Å². The molecule has 1 fully saturated rings. The van der Waals surface area contributed by atoms with E-state index in [1.54, 1.807) is 0 Å². The second-order valence-corrected chi connectivity index (χ2v) is 5.42. The molecule has 1 aliphatic rings. The van der Waals surface area contributed by atoms with Crippen LogP contribution in [0, 0.1) is 0 Å². The summed E-state index contributed by atoms with van der Waals surface area (Å²) in [5.74, 6) is 0.671. The predicted molar refractivity (Wildman–Crippen MR) is 79.6 cm³/mol. The van der Waals surface area contributed by atoms with Gasteiger partial charge in [-0.25, -0.2) is 0 Å². The molecule has 4 nitrogen and oxygen atoms in total. The fraction of sp³-hybridized carbons (Fsp3) is 0.562. The van der Waals surface area contributed by atoms with E-state index in [1.165, 1.54) is 12.8 Å². The number of nitrogens with two attached hydrogens (primary N) is 1. The molecule has 0 aliphatic heterocycles. The zero-order valence-electron chi connectivity index (χ0n) is 12.1. The van der Waals surface area contributed by atoms with Crippen molar-refractivity contribution in [3.8, 4) is 5.75 Å². The largest absolute Gasteiger partial charge is 0.484 e. The van der Waals surface area contributed by atoms with Crippen molar-refractivity contribution in [2.24, 2.45) is 5.73 Å². The summed E-state index contributed by atoms with van der Waals surface area (Å²) >= 11 is 0. The molecule has 1 aromatic carbocycles.